The predicted molar refractivity (Wildman–Crippen MR) is 98.1 cm³/mol. The van der Waals surface area contributed by atoms with Gasteiger partial charge in [-0.25, -0.2) is 0 Å². The van der Waals surface area contributed by atoms with Crippen molar-refractivity contribution in [2.24, 2.45) is 0 Å². The fourth-order valence-electron chi connectivity index (χ4n) is 4.24. The van der Waals surface area contributed by atoms with E-state index >= 15 is 0 Å². The van der Waals surface area contributed by atoms with Crippen LogP contribution in [0.1, 0.15) is 51.6 Å². The van der Waals surface area contributed by atoms with E-state index in [2.05, 4.69) is 10.2 Å². The Morgan fingerprint density at radius 3 is 2.59 bits per heavy atom. The number of halogens is 3. The number of hydrogen-bond donors (Lipinski definition) is 1. The molecule has 0 unspecified atom stereocenters. The summed E-state index contributed by atoms with van der Waals surface area (Å²) in [5.41, 5.74) is 1.60. The molecule has 29 heavy (non-hydrogen) atoms. The van der Waals surface area contributed by atoms with E-state index in [-0.39, 0.29) is 11.8 Å². The predicted octanol–water partition coefficient (Wildman–Crippen LogP) is 2.96. The molecule has 1 fully saturated rings. The molecule has 0 aliphatic carbocycles. The number of nitrogens with one attached hydrogen (secondary N) is 1. The van der Waals surface area contributed by atoms with E-state index in [0.717, 1.165) is 23.7 Å². The Balaban J connectivity index is 1.47. The van der Waals surface area contributed by atoms with Crippen LogP contribution in [0.2, 0.25) is 0 Å². The van der Waals surface area contributed by atoms with Crippen LogP contribution in [-0.2, 0) is 23.9 Å². The molecule has 4 rings (SSSR count). The van der Waals surface area contributed by atoms with Gasteiger partial charge in [0.1, 0.15) is 0 Å². The Kier molecular flexibility index (Phi) is 5.06. The normalized spacial score (nSPS) is 17.9. The number of likely N-dealkylation sites (tertiary alicyclic amines) is 1. The summed E-state index contributed by atoms with van der Waals surface area (Å²) in [6.07, 6.45) is -2.08. The Labute approximate surface area is 165 Å². The summed E-state index contributed by atoms with van der Waals surface area (Å²) < 4.78 is 39.9. The number of aromatic amines is 1. The largest absolute Gasteiger partial charge is 0.416 e. The Morgan fingerprint density at radius 1 is 1.17 bits per heavy atom. The zero-order valence-electron chi connectivity index (χ0n) is 15.7. The van der Waals surface area contributed by atoms with Gasteiger partial charge in [0.15, 0.2) is 5.69 Å². The van der Waals surface area contributed by atoms with Crippen molar-refractivity contribution in [2.75, 3.05) is 19.6 Å². The monoisotopic (exact) mass is 406 g/mol. The molecule has 2 aliphatic heterocycles. The summed E-state index contributed by atoms with van der Waals surface area (Å²) in [6, 6.07) is 5.66. The van der Waals surface area contributed by atoms with Gasteiger partial charge in [0.25, 0.3) is 5.91 Å². The number of carbonyl (C=O) groups excluding carboxylic acids is 2. The van der Waals surface area contributed by atoms with Gasteiger partial charge in [0.2, 0.25) is 6.41 Å². The number of hydrogen-bond acceptors (Lipinski definition) is 3. The van der Waals surface area contributed by atoms with Crippen LogP contribution in [0.4, 0.5) is 13.2 Å². The molecule has 3 heterocycles. The van der Waals surface area contributed by atoms with Gasteiger partial charge >= 0.3 is 6.18 Å². The molecule has 0 radical (unpaired) electrons. The first-order chi connectivity index (χ1) is 13.9. The summed E-state index contributed by atoms with van der Waals surface area (Å²) in [6.45, 7) is 1.66. The van der Waals surface area contributed by atoms with E-state index in [9.17, 15) is 22.8 Å². The number of carbonyl (C=O) groups is 2. The number of piperidine rings is 1. The van der Waals surface area contributed by atoms with Gasteiger partial charge in [-0.2, -0.15) is 18.3 Å². The first kappa shape index (κ1) is 19.5. The van der Waals surface area contributed by atoms with Crippen LogP contribution in [0.15, 0.2) is 24.3 Å². The Bertz CT molecular complexity index is 917. The molecule has 2 amide bonds. The van der Waals surface area contributed by atoms with Gasteiger partial charge in [-0.1, -0.05) is 18.2 Å². The fraction of sp³-hybridized carbons (Fsp3) is 0.450. The first-order valence-electron chi connectivity index (χ1n) is 9.59. The minimum absolute atomic E-state index is 0.238. The molecule has 9 heteroatoms. The maximum absolute atomic E-state index is 13.3. The molecule has 1 aromatic heterocycles. The number of fused-ring (bicyclic) bond motifs is 1. The topological polar surface area (TPSA) is 69.3 Å². The van der Waals surface area contributed by atoms with Crippen molar-refractivity contribution in [3.8, 4) is 0 Å². The molecule has 6 nitrogen and oxygen atoms in total. The standard InChI is InChI=1S/C20H21F3N4O2/c21-20(22,23)16-4-2-1-3-14(16)13-5-9-27(10-6-13)19(29)18-15-11-26(12-28)8-7-17(15)24-25-18/h1-4,12-13H,5-11H2,(H,24,25). The van der Waals surface area contributed by atoms with Crippen LogP contribution >= 0.6 is 0 Å². The highest BCUT2D eigenvalue weighted by molar-refractivity contribution is 5.94. The zero-order valence-corrected chi connectivity index (χ0v) is 15.7. The van der Waals surface area contributed by atoms with Gasteiger partial charge in [-0.05, 0) is 30.4 Å². The Hall–Kier alpha value is -2.84. The van der Waals surface area contributed by atoms with Gasteiger partial charge in [-0.3, -0.25) is 14.7 Å². The second-order valence-corrected chi connectivity index (χ2v) is 7.51. The smallest absolute Gasteiger partial charge is 0.340 e. The SMILES string of the molecule is O=CN1CCc2[nH]nc(C(=O)N3CCC(c4ccccc4C(F)(F)F)CC3)c2C1. The maximum Gasteiger partial charge on any atom is 0.416 e. The van der Waals surface area contributed by atoms with Gasteiger partial charge < -0.3 is 9.80 Å². The second-order valence-electron chi connectivity index (χ2n) is 7.51. The molecule has 0 spiro atoms. The third kappa shape index (κ3) is 3.73. The highest BCUT2D eigenvalue weighted by Gasteiger charge is 2.36. The van der Waals surface area contributed by atoms with E-state index in [0.29, 0.717) is 56.7 Å². The highest BCUT2D eigenvalue weighted by Crippen LogP contribution is 2.38. The molecular weight excluding hydrogens is 385 g/mol. The number of rotatable bonds is 3. The van der Waals surface area contributed by atoms with Crippen LogP contribution in [0, 0.1) is 0 Å². The average molecular weight is 406 g/mol. The number of amides is 2. The second kappa shape index (κ2) is 7.53. The third-order valence-corrected chi connectivity index (χ3v) is 5.80. The lowest BCUT2D eigenvalue weighted by molar-refractivity contribution is -0.138. The molecule has 154 valence electrons. The lowest BCUT2D eigenvalue weighted by Gasteiger charge is -2.33. The van der Waals surface area contributed by atoms with Crippen molar-refractivity contribution >= 4 is 12.3 Å². The lowest BCUT2D eigenvalue weighted by atomic mass is 9.86. The van der Waals surface area contributed by atoms with Crippen molar-refractivity contribution in [3.63, 3.8) is 0 Å². The van der Waals surface area contributed by atoms with E-state index < -0.39 is 11.7 Å². The summed E-state index contributed by atoms with van der Waals surface area (Å²) in [5.74, 6) is -0.478. The Morgan fingerprint density at radius 2 is 1.90 bits per heavy atom. The van der Waals surface area contributed by atoms with Crippen molar-refractivity contribution in [1.82, 2.24) is 20.0 Å². The number of alkyl halides is 3. The molecule has 2 aromatic rings. The summed E-state index contributed by atoms with van der Waals surface area (Å²) >= 11 is 0. The molecule has 1 aromatic carbocycles. The van der Waals surface area contributed by atoms with Crippen molar-refractivity contribution in [3.05, 3.63) is 52.3 Å². The van der Waals surface area contributed by atoms with Crippen molar-refractivity contribution in [1.29, 1.82) is 0 Å². The fourth-order valence-corrected chi connectivity index (χ4v) is 4.24. The van der Waals surface area contributed by atoms with E-state index in [1.54, 1.807) is 15.9 Å². The quantitative estimate of drug-likeness (QED) is 0.797. The molecule has 2 aliphatic rings. The van der Waals surface area contributed by atoms with E-state index in [1.807, 2.05) is 0 Å². The van der Waals surface area contributed by atoms with Crippen LogP contribution in [0.3, 0.4) is 0 Å². The van der Waals surface area contributed by atoms with Crippen molar-refractivity contribution in [2.45, 2.75) is 37.9 Å². The molecule has 0 atom stereocenters. The lowest BCUT2D eigenvalue weighted by Crippen LogP contribution is -2.39. The van der Waals surface area contributed by atoms with E-state index in [4.69, 9.17) is 0 Å². The molecular formula is C20H21F3N4O2. The van der Waals surface area contributed by atoms with Crippen molar-refractivity contribution < 1.29 is 22.8 Å². The summed E-state index contributed by atoms with van der Waals surface area (Å²) in [5, 5.41) is 7.04. The number of nitrogens with zero attached hydrogens (tertiary/aromatic N) is 3. The van der Waals surface area contributed by atoms with Crippen LogP contribution in [0.25, 0.3) is 0 Å². The van der Waals surface area contributed by atoms with Gasteiger partial charge in [0, 0.05) is 43.9 Å². The molecule has 1 N–H and O–H groups in total. The number of aromatic nitrogens is 2. The number of benzene rings is 1. The average Bonchev–Trinajstić information content (AvgIpc) is 3.16. The maximum atomic E-state index is 13.3. The van der Waals surface area contributed by atoms with E-state index in [1.165, 1.54) is 12.1 Å². The van der Waals surface area contributed by atoms with Crippen LogP contribution in [-0.4, -0.2) is 51.9 Å². The van der Waals surface area contributed by atoms with Crippen LogP contribution in [0.5, 0.6) is 0 Å². The molecule has 0 saturated carbocycles. The summed E-state index contributed by atoms with van der Waals surface area (Å²) in [7, 11) is 0. The third-order valence-electron chi connectivity index (χ3n) is 5.80. The molecule has 0 bridgehead atoms. The minimum Gasteiger partial charge on any atom is -0.340 e. The number of H-pyrrole nitrogens is 1. The van der Waals surface area contributed by atoms with Gasteiger partial charge in [0.05, 0.1) is 5.56 Å². The summed E-state index contributed by atoms with van der Waals surface area (Å²) in [4.78, 5) is 27.3. The molecule has 1 saturated heterocycles. The minimum atomic E-state index is -4.39. The highest BCUT2D eigenvalue weighted by atomic mass is 19.4. The van der Waals surface area contributed by atoms with Crippen LogP contribution < -0.4 is 0 Å². The first-order valence-corrected chi connectivity index (χ1v) is 9.59. The van der Waals surface area contributed by atoms with Gasteiger partial charge in [-0.15, -0.1) is 0 Å². The zero-order chi connectivity index (χ0) is 20.6.